The zero-order valence-corrected chi connectivity index (χ0v) is 8.19. The fraction of sp³-hybridized carbons (Fsp3) is 0.800. The summed E-state index contributed by atoms with van der Waals surface area (Å²) in [5.74, 6) is 0. The Balaban J connectivity index is 3.43. The van der Waals surface area contributed by atoms with Gasteiger partial charge in [0, 0.05) is 6.61 Å². The molecule has 0 saturated carbocycles. The summed E-state index contributed by atoms with van der Waals surface area (Å²) in [6.45, 7) is 1.91. The summed E-state index contributed by atoms with van der Waals surface area (Å²) in [6, 6.07) is 0. The molecule has 0 aliphatic carbocycles. The van der Waals surface area contributed by atoms with E-state index in [1.165, 1.54) is 0 Å². The molecule has 0 aromatic carbocycles. The van der Waals surface area contributed by atoms with Crippen LogP contribution >= 0.6 is 0 Å². The van der Waals surface area contributed by atoms with E-state index in [4.69, 9.17) is 5.11 Å². The summed E-state index contributed by atoms with van der Waals surface area (Å²) >= 11 is 0. The zero-order chi connectivity index (χ0) is 10.1. The van der Waals surface area contributed by atoms with Crippen molar-refractivity contribution in [3.05, 3.63) is 12.2 Å². The minimum Gasteiger partial charge on any atom is -0.396 e. The van der Waals surface area contributed by atoms with Crippen LogP contribution in [0.4, 0.5) is 0 Å². The average molecular weight is 188 g/mol. The van der Waals surface area contributed by atoms with Gasteiger partial charge in [-0.1, -0.05) is 12.2 Å². The lowest BCUT2D eigenvalue weighted by Gasteiger charge is -2.13. The van der Waals surface area contributed by atoms with Gasteiger partial charge in [-0.2, -0.15) is 0 Å². The average Bonchev–Trinajstić information content (AvgIpc) is 2.05. The van der Waals surface area contributed by atoms with E-state index in [1.54, 1.807) is 0 Å². The lowest BCUT2D eigenvalue weighted by molar-refractivity contribution is 0.0608. The van der Waals surface area contributed by atoms with Gasteiger partial charge in [0.05, 0.1) is 12.2 Å². The smallest absolute Gasteiger partial charge is 0.0586 e. The van der Waals surface area contributed by atoms with Crippen LogP contribution in [0.15, 0.2) is 12.2 Å². The Morgan fingerprint density at radius 3 is 2.31 bits per heavy atom. The van der Waals surface area contributed by atoms with Crippen LogP contribution in [0.1, 0.15) is 32.6 Å². The molecule has 0 heterocycles. The molecule has 0 amide bonds. The predicted octanol–water partition coefficient (Wildman–Crippen LogP) is 0.837. The molecule has 13 heavy (non-hydrogen) atoms. The molecule has 0 rings (SSSR count). The van der Waals surface area contributed by atoms with Gasteiger partial charge in [-0.3, -0.25) is 0 Å². The molecular weight excluding hydrogens is 168 g/mol. The predicted molar refractivity (Wildman–Crippen MR) is 52.4 cm³/mol. The summed E-state index contributed by atoms with van der Waals surface area (Å²) in [7, 11) is 0. The highest BCUT2D eigenvalue weighted by atomic mass is 16.3. The van der Waals surface area contributed by atoms with Crippen LogP contribution in [-0.4, -0.2) is 34.1 Å². The van der Waals surface area contributed by atoms with E-state index >= 15 is 0 Å². The highest BCUT2D eigenvalue weighted by Gasteiger charge is 2.10. The van der Waals surface area contributed by atoms with E-state index in [0.717, 1.165) is 6.42 Å². The Bertz CT molecular complexity index is 134. The fourth-order valence-electron chi connectivity index (χ4n) is 1.15. The van der Waals surface area contributed by atoms with Crippen LogP contribution in [0, 0.1) is 0 Å². The Morgan fingerprint density at radius 1 is 1.15 bits per heavy atom. The molecule has 78 valence electrons. The van der Waals surface area contributed by atoms with Gasteiger partial charge in [-0.25, -0.2) is 0 Å². The topological polar surface area (TPSA) is 60.7 Å². The maximum atomic E-state index is 9.40. The van der Waals surface area contributed by atoms with E-state index in [9.17, 15) is 10.2 Å². The minimum atomic E-state index is -0.578. The maximum Gasteiger partial charge on any atom is 0.0586 e. The molecule has 0 aliphatic heterocycles. The van der Waals surface area contributed by atoms with Crippen LogP contribution in [0.2, 0.25) is 0 Å². The Kier molecular flexibility index (Phi) is 7.99. The van der Waals surface area contributed by atoms with Crippen molar-refractivity contribution < 1.29 is 15.3 Å². The Hall–Kier alpha value is -0.380. The second-order valence-electron chi connectivity index (χ2n) is 3.20. The van der Waals surface area contributed by atoms with E-state index in [0.29, 0.717) is 19.3 Å². The molecule has 0 saturated heterocycles. The van der Waals surface area contributed by atoms with Gasteiger partial charge in [-0.05, 0) is 32.6 Å². The van der Waals surface area contributed by atoms with E-state index in [2.05, 4.69) is 0 Å². The van der Waals surface area contributed by atoms with Crippen molar-refractivity contribution in [3.8, 4) is 0 Å². The highest BCUT2D eigenvalue weighted by molar-refractivity contribution is 4.78. The number of aliphatic hydroxyl groups excluding tert-OH is 3. The molecule has 0 radical (unpaired) electrons. The zero-order valence-electron chi connectivity index (χ0n) is 8.19. The van der Waals surface area contributed by atoms with Gasteiger partial charge in [0.15, 0.2) is 0 Å². The lowest BCUT2D eigenvalue weighted by Crippen LogP contribution is -2.18. The molecular formula is C10H20O3. The molecule has 3 N–H and O–H groups in total. The first-order valence-electron chi connectivity index (χ1n) is 4.78. The minimum absolute atomic E-state index is 0.0251. The summed E-state index contributed by atoms with van der Waals surface area (Å²) in [5, 5.41) is 27.1. The van der Waals surface area contributed by atoms with Gasteiger partial charge in [0.1, 0.15) is 0 Å². The largest absolute Gasteiger partial charge is 0.396 e. The third-order valence-corrected chi connectivity index (χ3v) is 1.91. The summed E-state index contributed by atoms with van der Waals surface area (Å²) in [5.41, 5.74) is 0. The van der Waals surface area contributed by atoms with Crippen LogP contribution < -0.4 is 0 Å². The summed E-state index contributed by atoms with van der Waals surface area (Å²) < 4.78 is 0. The van der Waals surface area contributed by atoms with Crippen molar-refractivity contribution in [1.82, 2.24) is 0 Å². The van der Waals surface area contributed by atoms with Crippen molar-refractivity contribution in [2.45, 2.75) is 44.8 Å². The van der Waals surface area contributed by atoms with Crippen molar-refractivity contribution in [2.75, 3.05) is 6.61 Å². The molecule has 0 unspecified atom stereocenters. The SMILES string of the molecule is CC=CCC[C@H](O)C[C@@H](O)CCO. The lowest BCUT2D eigenvalue weighted by atomic mass is 10.1. The van der Waals surface area contributed by atoms with Crippen LogP contribution in [-0.2, 0) is 0 Å². The van der Waals surface area contributed by atoms with Gasteiger partial charge in [0.2, 0.25) is 0 Å². The van der Waals surface area contributed by atoms with Crippen LogP contribution in [0.3, 0.4) is 0 Å². The first-order valence-corrected chi connectivity index (χ1v) is 4.78. The summed E-state index contributed by atoms with van der Waals surface area (Å²) in [6.07, 6.45) is 5.11. The van der Waals surface area contributed by atoms with Gasteiger partial charge in [-0.15, -0.1) is 0 Å². The Morgan fingerprint density at radius 2 is 1.77 bits per heavy atom. The number of aliphatic hydroxyl groups is 3. The molecule has 0 spiro atoms. The molecule has 0 aromatic heterocycles. The first kappa shape index (κ1) is 12.6. The quantitative estimate of drug-likeness (QED) is 0.519. The molecule has 0 bridgehead atoms. The van der Waals surface area contributed by atoms with Gasteiger partial charge < -0.3 is 15.3 Å². The maximum absolute atomic E-state index is 9.40. The molecule has 0 aliphatic rings. The highest BCUT2D eigenvalue weighted by Crippen LogP contribution is 2.07. The standard InChI is InChI=1S/C10H20O3/c1-2-3-4-5-9(12)8-10(13)6-7-11/h2-3,9-13H,4-8H2,1H3/t9-,10-/m0/s1. The second-order valence-corrected chi connectivity index (χ2v) is 3.20. The molecule has 2 atom stereocenters. The number of hydrogen-bond donors (Lipinski definition) is 3. The molecule has 3 nitrogen and oxygen atoms in total. The van der Waals surface area contributed by atoms with Gasteiger partial charge >= 0.3 is 0 Å². The Labute approximate surface area is 79.7 Å². The monoisotopic (exact) mass is 188 g/mol. The summed E-state index contributed by atoms with van der Waals surface area (Å²) in [4.78, 5) is 0. The van der Waals surface area contributed by atoms with Crippen molar-refractivity contribution in [1.29, 1.82) is 0 Å². The fourth-order valence-corrected chi connectivity index (χ4v) is 1.15. The van der Waals surface area contributed by atoms with Crippen molar-refractivity contribution >= 4 is 0 Å². The van der Waals surface area contributed by atoms with E-state index in [-0.39, 0.29) is 6.61 Å². The van der Waals surface area contributed by atoms with Crippen LogP contribution in [0.25, 0.3) is 0 Å². The molecule has 0 fully saturated rings. The number of rotatable bonds is 7. The molecule has 0 aromatic rings. The second kappa shape index (κ2) is 8.23. The molecule has 3 heteroatoms. The third-order valence-electron chi connectivity index (χ3n) is 1.91. The van der Waals surface area contributed by atoms with Crippen molar-refractivity contribution in [2.24, 2.45) is 0 Å². The van der Waals surface area contributed by atoms with Crippen LogP contribution in [0.5, 0.6) is 0 Å². The van der Waals surface area contributed by atoms with E-state index < -0.39 is 12.2 Å². The van der Waals surface area contributed by atoms with Crippen molar-refractivity contribution in [3.63, 3.8) is 0 Å². The number of allylic oxidation sites excluding steroid dienone is 2. The number of hydrogen-bond acceptors (Lipinski definition) is 3. The normalized spacial score (nSPS) is 16.3. The third kappa shape index (κ3) is 7.96. The van der Waals surface area contributed by atoms with Gasteiger partial charge in [0.25, 0.3) is 0 Å². The van der Waals surface area contributed by atoms with E-state index in [1.807, 2.05) is 19.1 Å². The first-order chi connectivity index (χ1) is 6.20.